The predicted molar refractivity (Wildman–Crippen MR) is 90.2 cm³/mol. The van der Waals surface area contributed by atoms with E-state index in [2.05, 4.69) is 11.4 Å². The molecule has 0 aliphatic heterocycles. The van der Waals surface area contributed by atoms with Crippen LogP contribution in [0.2, 0.25) is 0 Å². The van der Waals surface area contributed by atoms with Crippen molar-refractivity contribution in [2.75, 3.05) is 6.54 Å². The molecule has 1 atom stereocenters. The second kappa shape index (κ2) is 7.93. The van der Waals surface area contributed by atoms with Crippen LogP contribution in [0.4, 0.5) is 0 Å². The van der Waals surface area contributed by atoms with Crippen LogP contribution in [0, 0.1) is 11.3 Å². The Balaban J connectivity index is 2.34. The molecule has 0 aromatic heterocycles. The van der Waals surface area contributed by atoms with Crippen molar-refractivity contribution in [1.82, 2.24) is 5.32 Å². The second-order valence-electron chi connectivity index (χ2n) is 5.15. The standard InChI is InChI=1S/C19H18N2O3/c1-3-21-18(22)13(2)24-19(23)17-11-7-6-10-16(17)15-9-5-4-8-14(15)12-20/h4-11,13H,3H2,1-2H3,(H,21,22)/t13-/m0/s1. The van der Waals surface area contributed by atoms with Crippen LogP contribution >= 0.6 is 0 Å². The second-order valence-corrected chi connectivity index (χ2v) is 5.15. The van der Waals surface area contributed by atoms with Crippen molar-refractivity contribution < 1.29 is 14.3 Å². The van der Waals surface area contributed by atoms with Gasteiger partial charge in [-0.1, -0.05) is 36.4 Å². The molecule has 0 aliphatic rings. The van der Waals surface area contributed by atoms with Crippen LogP contribution in [0.1, 0.15) is 29.8 Å². The summed E-state index contributed by atoms with van der Waals surface area (Å²) in [7, 11) is 0. The first kappa shape index (κ1) is 17.2. The molecule has 1 N–H and O–H groups in total. The minimum absolute atomic E-state index is 0.316. The van der Waals surface area contributed by atoms with Crippen molar-refractivity contribution in [1.29, 1.82) is 5.26 Å². The number of amides is 1. The number of nitriles is 1. The van der Waals surface area contributed by atoms with Crippen molar-refractivity contribution >= 4 is 11.9 Å². The average Bonchev–Trinajstić information content (AvgIpc) is 2.61. The number of nitrogens with zero attached hydrogens (tertiary/aromatic N) is 1. The highest BCUT2D eigenvalue weighted by Gasteiger charge is 2.21. The van der Waals surface area contributed by atoms with Crippen LogP contribution in [0.15, 0.2) is 48.5 Å². The highest BCUT2D eigenvalue weighted by Crippen LogP contribution is 2.27. The Morgan fingerprint density at radius 3 is 2.42 bits per heavy atom. The number of carbonyl (C=O) groups is 2. The first-order chi connectivity index (χ1) is 11.6. The molecular weight excluding hydrogens is 304 g/mol. The lowest BCUT2D eigenvalue weighted by molar-refractivity contribution is -0.128. The highest BCUT2D eigenvalue weighted by molar-refractivity contribution is 5.99. The van der Waals surface area contributed by atoms with Crippen molar-refractivity contribution in [3.8, 4) is 17.2 Å². The molecule has 0 saturated heterocycles. The van der Waals surface area contributed by atoms with Crippen LogP contribution in [-0.2, 0) is 9.53 Å². The van der Waals surface area contributed by atoms with E-state index in [1.807, 2.05) is 0 Å². The molecule has 0 radical (unpaired) electrons. The van der Waals surface area contributed by atoms with Crippen molar-refractivity contribution in [2.45, 2.75) is 20.0 Å². The summed E-state index contributed by atoms with van der Waals surface area (Å²) in [6, 6.07) is 16.0. The van der Waals surface area contributed by atoms with Crippen LogP contribution in [0.5, 0.6) is 0 Å². The molecule has 5 nitrogen and oxygen atoms in total. The lowest BCUT2D eigenvalue weighted by Gasteiger charge is -2.15. The molecule has 0 heterocycles. The van der Waals surface area contributed by atoms with E-state index in [1.54, 1.807) is 55.5 Å². The molecule has 0 unspecified atom stereocenters. The third kappa shape index (κ3) is 3.79. The van der Waals surface area contributed by atoms with Gasteiger partial charge in [-0.2, -0.15) is 5.26 Å². The van der Waals surface area contributed by atoms with Crippen molar-refractivity contribution in [3.63, 3.8) is 0 Å². The van der Waals surface area contributed by atoms with Crippen LogP contribution in [-0.4, -0.2) is 24.5 Å². The Hall–Kier alpha value is -3.13. The van der Waals surface area contributed by atoms with Gasteiger partial charge in [-0.15, -0.1) is 0 Å². The Bertz CT molecular complexity index is 793. The highest BCUT2D eigenvalue weighted by atomic mass is 16.5. The van der Waals surface area contributed by atoms with Crippen LogP contribution < -0.4 is 5.32 Å². The summed E-state index contributed by atoms with van der Waals surface area (Å²) in [6.07, 6.45) is -0.892. The monoisotopic (exact) mass is 322 g/mol. The molecule has 2 rings (SSSR count). The lowest BCUT2D eigenvalue weighted by Crippen LogP contribution is -2.35. The van der Waals surface area contributed by atoms with E-state index in [9.17, 15) is 14.9 Å². The molecule has 122 valence electrons. The zero-order chi connectivity index (χ0) is 17.5. The Morgan fingerprint density at radius 1 is 1.12 bits per heavy atom. The normalized spacial score (nSPS) is 11.2. The average molecular weight is 322 g/mol. The van der Waals surface area contributed by atoms with Gasteiger partial charge in [0.05, 0.1) is 17.2 Å². The van der Waals surface area contributed by atoms with Gasteiger partial charge in [0.15, 0.2) is 6.10 Å². The maximum atomic E-state index is 12.5. The molecule has 0 aliphatic carbocycles. The summed E-state index contributed by atoms with van der Waals surface area (Å²) < 4.78 is 5.25. The van der Waals surface area contributed by atoms with E-state index in [-0.39, 0.29) is 5.91 Å². The predicted octanol–water partition coefficient (Wildman–Crippen LogP) is 2.91. The summed E-state index contributed by atoms with van der Waals surface area (Å²) in [5, 5.41) is 11.9. The molecule has 0 saturated carbocycles. The smallest absolute Gasteiger partial charge is 0.339 e. The topological polar surface area (TPSA) is 79.2 Å². The maximum Gasteiger partial charge on any atom is 0.339 e. The van der Waals surface area contributed by atoms with Gasteiger partial charge in [-0.25, -0.2) is 4.79 Å². The summed E-state index contributed by atoms with van der Waals surface area (Å²) in [4.78, 5) is 24.2. The molecule has 2 aromatic rings. The van der Waals surface area contributed by atoms with Gasteiger partial charge in [-0.05, 0) is 31.5 Å². The number of hydrogen-bond donors (Lipinski definition) is 1. The van der Waals surface area contributed by atoms with E-state index in [0.717, 1.165) is 0 Å². The molecule has 1 amide bonds. The third-order valence-electron chi connectivity index (χ3n) is 3.49. The molecule has 5 heteroatoms. The Kier molecular flexibility index (Phi) is 5.69. The fourth-order valence-electron chi connectivity index (χ4n) is 2.31. The lowest BCUT2D eigenvalue weighted by atomic mass is 9.96. The third-order valence-corrected chi connectivity index (χ3v) is 3.49. The van der Waals surface area contributed by atoms with Crippen molar-refractivity contribution in [2.24, 2.45) is 0 Å². The number of carbonyl (C=O) groups excluding carboxylic acids is 2. The Morgan fingerprint density at radius 2 is 1.75 bits per heavy atom. The molecule has 0 fully saturated rings. The number of likely N-dealkylation sites (N-methyl/N-ethyl adjacent to an activating group) is 1. The largest absolute Gasteiger partial charge is 0.449 e. The van der Waals surface area contributed by atoms with E-state index in [1.165, 1.54) is 6.92 Å². The summed E-state index contributed by atoms with van der Waals surface area (Å²) in [5.41, 5.74) is 2.03. The molecule has 0 spiro atoms. The first-order valence-corrected chi connectivity index (χ1v) is 7.65. The number of benzene rings is 2. The van der Waals surface area contributed by atoms with Gasteiger partial charge in [0, 0.05) is 12.1 Å². The van der Waals surface area contributed by atoms with Crippen molar-refractivity contribution in [3.05, 3.63) is 59.7 Å². The van der Waals surface area contributed by atoms with Gasteiger partial charge in [0.2, 0.25) is 0 Å². The fourth-order valence-corrected chi connectivity index (χ4v) is 2.31. The van der Waals surface area contributed by atoms with Gasteiger partial charge < -0.3 is 10.1 Å². The molecule has 24 heavy (non-hydrogen) atoms. The van der Waals surface area contributed by atoms with Crippen LogP contribution in [0.3, 0.4) is 0 Å². The van der Waals surface area contributed by atoms with Gasteiger partial charge in [-0.3, -0.25) is 4.79 Å². The fraction of sp³-hybridized carbons (Fsp3) is 0.211. The molecule has 2 aromatic carbocycles. The SMILES string of the molecule is CCNC(=O)[C@H](C)OC(=O)c1ccccc1-c1ccccc1C#N. The van der Waals surface area contributed by atoms with E-state index in [4.69, 9.17) is 4.74 Å². The summed E-state index contributed by atoms with van der Waals surface area (Å²) in [6.45, 7) is 3.78. The number of ether oxygens (including phenoxy) is 1. The number of nitrogens with one attached hydrogen (secondary N) is 1. The minimum Gasteiger partial charge on any atom is -0.449 e. The van der Waals surface area contributed by atoms with Crippen LogP contribution in [0.25, 0.3) is 11.1 Å². The zero-order valence-corrected chi connectivity index (χ0v) is 13.6. The van der Waals surface area contributed by atoms with E-state index >= 15 is 0 Å². The van der Waals surface area contributed by atoms with E-state index in [0.29, 0.717) is 28.8 Å². The molecular formula is C19H18N2O3. The number of esters is 1. The van der Waals surface area contributed by atoms with E-state index < -0.39 is 12.1 Å². The summed E-state index contributed by atoms with van der Waals surface area (Å²) in [5.74, 6) is -0.946. The van der Waals surface area contributed by atoms with Gasteiger partial charge in [0.25, 0.3) is 5.91 Å². The minimum atomic E-state index is -0.892. The number of rotatable bonds is 5. The molecule has 0 bridgehead atoms. The van der Waals surface area contributed by atoms with Gasteiger partial charge >= 0.3 is 5.97 Å². The summed E-state index contributed by atoms with van der Waals surface area (Å²) >= 11 is 0. The Labute approximate surface area is 140 Å². The zero-order valence-electron chi connectivity index (χ0n) is 13.6. The maximum absolute atomic E-state index is 12.5. The number of hydrogen-bond acceptors (Lipinski definition) is 4. The quantitative estimate of drug-likeness (QED) is 0.858. The van der Waals surface area contributed by atoms with Gasteiger partial charge in [0.1, 0.15) is 0 Å². The first-order valence-electron chi connectivity index (χ1n) is 7.65.